The maximum atomic E-state index is 12.5. The summed E-state index contributed by atoms with van der Waals surface area (Å²) in [7, 11) is 1.09. The highest BCUT2D eigenvalue weighted by Crippen LogP contribution is 2.39. The summed E-state index contributed by atoms with van der Waals surface area (Å²) in [5, 5.41) is 2.80. The molecule has 0 radical (unpaired) electrons. The first-order valence-corrected chi connectivity index (χ1v) is 10.2. The lowest BCUT2D eigenvalue weighted by molar-refractivity contribution is 0.0950. The van der Waals surface area contributed by atoms with Gasteiger partial charge in [-0.15, -0.1) is 0 Å². The highest BCUT2D eigenvalue weighted by atomic mass is 32.2. The van der Waals surface area contributed by atoms with Gasteiger partial charge in [-0.2, -0.15) is 0 Å². The molecule has 2 aromatic rings. The molecule has 0 aliphatic heterocycles. The number of rotatable bonds is 8. The van der Waals surface area contributed by atoms with E-state index in [0.29, 0.717) is 39.6 Å². The van der Waals surface area contributed by atoms with E-state index in [0.717, 1.165) is 6.26 Å². The lowest BCUT2D eigenvalue weighted by atomic mass is 10.1. The van der Waals surface area contributed by atoms with E-state index in [4.69, 9.17) is 14.2 Å². The minimum atomic E-state index is -3.44. The SMILES string of the molecule is COc1ccc(CNC(=O)c2ccc(C)c(NS(C)(=O)=O)c2)c(OC)c1OC. The van der Waals surface area contributed by atoms with Crippen molar-refractivity contribution in [3.05, 3.63) is 47.0 Å². The maximum absolute atomic E-state index is 12.5. The van der Waals surface area contributed by atoms with Crippen LogP contribution in [0.25, 0.3) is 0 Å². The Morgan fingerprint density at radius 1 is 1.00 bits per heavy atom. The van der Waals surface area contributed by atoms with Gasteiger partial charge in [0, 0.05) is 17.7 Å². The summed E-state index contributed by atoms with van der Waals surface area (Å²) < 4.78 is 41.4. The molecule has 152 valence electrons. The van der Waals surface area contributed by atoms with Gasteiger partial charge in [-0.3, -0.25) is 9.52 Å². The number of benzene rings is 2. The molecule has 2 aromatic carbocycles. The number of carbonyl (C=O) groups excluding carboxylic acids is 1. The molecule has 0 fully saturated rings. The largest absolute Gasteiger partial charge is 0.493 e. The monoisotopic (exact) mass is 408 g/mol. The number of nitrogens with one attached hydrogen (secondary N) is 2. The minimum absolute atomic E-state index is 0.186. The van der Waals surface area contributed by atoms with E-state index in [1.165, 1.54) is 27.4 Å². The van der Waals surface area contributed by atoms with Gasteiger partial charge in [-0.25, -0.2) is 8.42 Å². The number of carbonyl (C=O) groups is 1. The van der Waals surface area contributed by atoms with Gasteiger partial charge in [0.2, 0.25) is 15.8 Å². The van der Waals surface area contributed by atoms with Crippen molar-refractivity contribution >= 4 is 21.6 Å². The van der Waals surface area contributed by atoms with E-state index < -0.39 is 10.0 Å². The number of ether oxygens (including phenoxy) is 3. The predicted octanol–water partition coefficient (Wildman–Crippen LogP) is 2.32. The summed E-state index contributed by atoms with van der Waals surface area (Å²) in [4.78, 5) is 12.5. The zero-order chi connectivity index (χ0) is 20.9. The van der Waals surface area contributed by atoms with Crippen molar-refractivity contribution in [2.45, 2.75) is 13.5 Å². The van der Waals surface area contributed by atoms with E-state index in [9.17, 15) is 13.2 Å². The van der Waals surface area contributed by atoms with E-state index in [1.807, 2.05) is 0 Å². The van der Waals surface area contributed by atoms with Crippen LogP contribution < -0.4 is 24.2 Å². The van der Waals surface area contributed by atoms with Crippen LogP contribution in [0.1, 0.15) is 21.5 Å². The van der Waals surface area contributed by atoms with Crippen LogP contribution in [0.5, 0.6) is 17.2 Å². The van der Waals surface area contributed by atoms with Gasteiger partial charge >= 0.3 is 0 Å². The zero-order valence-electron chi connectivity index (χ0n) is 16.5. The summed E-state index contributed by atoms with van der Waals surface area (Å²) in [6, 6.07) is 8.30. The molecule has 2 N–H and O–H groups in total. The summed E-state index contributed by atoms with van der Waals surface area (Å²) in [6.45, 7) is 1.94. The second-order valence-corrected chi connectivity index (χ2v) is 7.83. The number of sulfonamides is 1. The molecule has 0 aliphatic rings. The van der Waals surface area contributed by atoms with Gasteiger partial charge in [0.25, 0.3) is 5.91 Å². The van der Waals surface area contributed by atoms with Gasteiger partial charge in [0.1, 0.15) is 0 Å². The molecule has 0 atom stereocenters. The second-order valence-electron chi connectivity index (χ2n) is 6.08. The smallest absolute Gasteiger partial charge is 0.251 e. The van der Waals surface area contributed by atoms with Crippen LogP contribution in [0, 0.1) is 6.92 Å². The van der Waals surface area contributed by atoms with E-state index in [2.05, 4.69) is 10.0 Å². The van der Waals surface area contributed by atoms with Crippen LogP contribution in [0.15, 0.2) is 30.3 Å². The van der Waals surface area contributed by atoms with Crippen molar-refractivity contribution in [3.63, 3.8) is 0 Å². The number of hydrogen-bond donors (Lipinski definition) is 2. The molecule has 0 heterocycles. The normalized spacial score (nSPS) is 10.9. The van der Waals surface area contributed by atoms with E-state index in [1.54, 1.807) is 31.2 Å². The van der Waals surface area contributed by atoms with Crippen LogP contribution in [-0.4, -0.2) is 41.9 Å². The number of anilines is 1. The Labute approximate surface area is 164 Å². The van der Waals surface area contributed by atoms with Crippen molar-refractivity contribution in [1.82, 2.24) is 5.32 Å². The van der Waals surface area contributed by atoms with Crippen LogP contribution in [-0.2, 0) is 16.6 Å². The number of amides is 1. The van der Waals surface area contributed by atoms with E-state index >= 15 is 0 Å². The zero-order valence-corrected chi connectivity index (χ0v) is 17.3. The lowest BCUT2D eigenvalue weighted by Gasteiger charge is -2.16. The molecule has 0 saturated carbocycles. The molecule has 0 bridgehead atoms. The Hall–Kier alpha value is -2.94. The van der Waals surface area contributed by atoms with Gasteiger partial charge in [-0.1, -0.05) is 6.07 Å². The molecule has 0 aromatic heterocycles. The number of methoxy groups -OCH3 is 3. The molecule has 0 aliphatic carbocycles. The van der Waals surface area contributed by atoms with Crippen molar-refractivity contribution < 1.29 is 27.4 Å². The third-order valence-electron chi connectivity index (χ3n) is 4.02. The van der Waals surface area contributed by atoms with Gasteiger partial charge in [0.15, 0.2) is 11.5 Å². The minimum Gasteiger partial charge on any atom is -0.493 e. The second kappa shape index (κ2) is 8.83. The van der Waals surface area contributed by atoms with Crippen molar-refractivity contribution in [3.8, 4) is 17.2 Å². The molecule has 1 amide bonds. The van der Waals surface area contributed by atoms with Crippen molar-refractivity contribution in [2.24, 2.45) is 0 Å². The first-order valence-electron chi connectivity index (χ1n) is 8.34. The Balaban J connectivity index is 2.22. The molecule has 28 heavy (non-hydrogen) atoms. The molecule has 8 nitrogen and oxygen atoms in total. The molecule has 9 heteroatoms. The lowest BCUT2D eigenvalue weighted by Crippen LogP contribution is -2.23. The topological polar surface area (TPSA) is 103 Å². The fourth-order valence-electron chi connectivity index (χ4n) is 2.65. The first-order chi connectivity index (χ1) is 13.2. The highest BCUT2D eigenvalue weighted by molar-refractivity contribution is 7.92. The average molecular weight is 408 g/mol. The van der Waals surface area contributed by atoms with E-state index in [-0.39, 0.29) is 12.5 Å². The molecule has 0 unspecified atom stereocenters. The molecule has 0 spiro atoms. The molecule has 2 rings (SSSR count). The maximum Gasteiger partial charge on any atom is 0.251 e. The Kier molecular flexibility index (Phi) is 6.74. The predicted molar refractivity (Wildman–Crippen MR) is 107 cm³/mol. The third-order valence-corrected chi connectivity index (χ3v) is 4.61. The van der Waals surface area contributed by atoms with Crippen LogP contribution in [0.4, 0.5) is 5.69 Å². The Morgan fingerprint density at radius 3 is 2.25 bits per heavy atom. The van der Waals surface area contributed by atoms with Crippen LogP contribution in [0.2, 0.25) is 0 Å². The summed E-state index contributed by atoms with van der Waals surface area (Å²) in [6.07, 6.45) is 1.06. The standard InChI is InChI=1S/C19H24N2O6S/c1-12-6-7-13(10-15(12)21-28(5,23)24)19(22)20-11-14-8-9-16(25-2)18(27-4)17(14)26-3/h6-10,21H,11H2,1-5H3,(H,20,22). The fourth-order valence-corrected chi connectivity index (χ4v) is 3.27. The van der Waals surface area contributed by atoms with Gasteiger partial charge in [-0.05, 0) is 36.8 Å². The molecular weight excluding hydrogens is 384 g/mol. The Morgan fingerprint density at radius 2 is 1.68 bits per heavy atom. The van der Waals surface area contributed by atoms with Gasteiger partial charge in [0.05, 0.1) is 33.3 Å². The van der Waals surface area contributed by atoms with Crippen molar-refractivity contribution in [1.29, 1.82) is 0 Å². The average Bonchev–Trinajstić information content (AvgIpc) is 2.65. The number of hydrogen-bond acceptors (Lipinski definition) is 6. The summed E-state index contributed by atoms with van der Waals surface area (Å²) >= 11 is 0. The third kappa shape index (κ3) is 5.07. The molecule has 0 saturated heterocycles. The molecular formula is C19H24N2O6S. The van der Waals surface area contributed by atoms with Crippen LogP contribution >= 0.6 is 0 Å². The fraction of sp³-hybridized carbons (Fsp3) is 0.316. The highest BCUT2D eigenvalue weighted by Gasteiger charge is 2.17. The van der Waals surface area contributed by atoms with Crippen molar-refractivity contribution in [2.75, 3.05) is 32.3 Å². The summed E-state index contributed by atoms with van der Waals surface area (Å²) in [5.74, 6) is 1.06. The quantitative estimate of drug-likeness (QED) is 0.695. The first kappa shape index (κ1) is 21.4. The van der Waals surface area contributed by atoms with Gasteiger partial charge < -0.3 is 19.5 Å². The summed E-state index contributed by atoms with van der Waals surface area (Å²) in [5.41, 5.74) is 2.11. The number of aryl methyl sites for hydroxylation is 1. The van der Waals surface area contributed by atoms with Crippen LogP contribution in [0.3, 0.4) is 0 Å². The Bertz CT molecular complexity index is 973.